The second-order valence-electron chi connectivity index (χ2n) is 10.0. The van der Waals surface area contributed by atoms with E-state index in [1.807, 2.05) is 0 Å². The Balaban J connectivity index is -0.000000688. The number of carbonyl (C=O) groups excluding carboxylic acids is 4. The number of unbranched alkanes of at least 4 members (excludes halogenated alkanes) is 18. The molecule has 0 radical (unpaired) electrons. The Hall–Kier alpha value is -1.16. The fraction of sp³-hybridized carbons (Fsp3) is 0.750. The van der Waals surface area contributed by atoms with E-state index in [1.165, 1.54) is 103 Å². The van der Waals surface area contributed by atoms with Crippen LogP contribution >= 0.6 is 0 Å². The summed E-state index contributed by atoms with van der Waals surface area (Å²) in [5.74, 6) is -4.02. The topological polar surface area (TPSA) is 133 Å². The van der Waals surface area contributed by atoms with Crippen LogP contribution in [0.2, 0.25) is 0 Å². The van der Waals surface area contributed by atoms with E-state index in [-0.39, 0.29) is 45.5 Å². The molecule has 0 rings (SSSR count). The minimum atomic E-state index is -1.39. The molecule has 0 N–H and O–H groups in total. The van der Waals surface area contributed by atoms with E-state index < -0.39 is 23.9 Å². The summed E-state index contributed by atoms with van der Waals surface area (Å²) in [5, 5.41) is 20.1. The predicted molar refractivity (Wildman–Crippen MR) is 160 cm³/mol. The molecule has 0 heterocycles. The quantitative estimate of drug-likeness (QED) is 0.0543. The molecule has 0 fully saturated rings. The van der Waals surface area contributed by atoms with Crippen LogP contribution in [0, 0.1) is 0 Å². The van der Waals surface area contributed by atoms with Crippen LogP contribution in [0.15, 0.2) is 24.3 Å². The molecular weight excluding hydrogens is 600 g/mol. The van der Waals surface area contributed by atoms with Gasteiger partial charge in [0, 0.05) is 12.2 Å². The summed E-state index contributed by atoms with van der Waals surface area (Å²) < 4.78 is 9.70. The molecule has 0 spiro atoms. The van der Waals surface area contributed by atoms with Gasteiger partial charge in [0.15, 0.2) is 0 Å². The van der Waals surface area contributed by atoms with E-state index in [1.54, 1.807) is 0 Å². The third-order valence-electron chi connectivity index (χ3n) is 6.20. The number of carboxylic acid groups (broad SMARTS) is 2. The van der Waals surface area contributed by atoms with Crippen molar-refractivity contribution in [3.63, 3.8) is 0 Å². The second kappa shape index (κ2) is 36.9. The van der Waals surface area contributed by atoms with E-state index in [0.717, 1.165) is 37.8 Å². The van der Waals surface area contributed by atoms with Gasteiger partial charge in [0.25, 0.3) is 0 Å². The number of hydrogen-bond donors (Lipinski definition) is 0. The molecule has 0 aliphatic heterocycles. The van der Waals surface area contributed by atoms with Crippen LogP contribution in [-0.2, 0) is 28.7 Å². The number of carbonyl (C=O) groups is 4. The zero-order valence-corrected chi connectivity index (χ0v) is 29.3. The van der Waals surface area contributed by atoms with E-state index in [2.05, 4.69) is 13.8 Å². The van der Waals surface area contributed by atoms with Gasteiger partial charge in [-0.3, -0.25) is 0 Å². The molecule has 8 nitrogen and oxygen atoms in total. The van der Waals surface area contributed by atoms with Gasteiger partial charge >= 0.3 is 57.4 Å². The molecule has 232 valence electrons. The molecule has 0 amide bonds. The van der Waals surface area contributed by atoms with E-state index in [4.69, 9.17) is 9.47 Å². The smallest absolute Gasteiger partial charge is 0.545 e. The summed E-state index contributed by atoms with van der Waals surface area (Å²) >= 11 is 0. The molecule has 41 heavy (non-hydrogen) atoms. The fourth-order valence-corrected chi connectivity index (χ4v) is 3.89. The van der Waals surface area contributed by atoms with Crippen LogP contribution in [0.3, 0.4) is 0 Å². The number of carboxylic acids is 2. The van der Waals surface area contributed by atoms with E-state index in [0.29, 0.717) is 25.4 Å². The van der Waals surface area contributed by atoms with Crippen molar-refractivity contribution in [1.82, 2.24) is 0 Å². The molecule has 0 aromatic carbocycles. The first-order chi connectivity index (χ1) is 19.3. The average molecular weight is 654 g/mol. The molecule has 0 bridgehead atoms. The van der Waals surface area contributed by atoms with Crippen LogP contribution in [-0.4, -0.2) is 82.6 Å². The van der Waals surface area contributed by atoms with Crippen molar-refractivity contribution in [3.8, 4) is 0 Å². The van der Waals surface area contributed by atoms with Crippen LogP contribution < -0.4 is 10.2 Å². The number of hydrogen-bond acceptors (Lipinski definition) is 8. The molecular formula is C32H54O8Sr. The van der Waals surface area contributed by atoms with Crippen molar-refractivity contribution in [2.45, 2.75) is 142 Å². The second-order valence-corrected chi connectivity index (χ2v) is 10.0. The summed E-state index contributed by atoms with van der Waals surface area (Å²) in [6.07, 6.45) is 27.6. The van der Waals surface area contributed by atoms with Crippen molar-refractivity contribution in [1.29, 1.82) is 0 Å². The van der Waals surface area contributed by atoms with Gasteiger partial charge in [0.2, 0.25) is 0 Å². The normalized spacial score (nSPS) is 10.6. The maximum Gasteiger partial charge on any atom is 2.00 e. The molecule has 0 saturated carbocycles. The van der Waals surface area contributed by atoms with E-state index in [9.17, 15) is 29.4 Å². The number of ether oxygens (including phenoxy) is 2. The van der Waals surface area contributed by atoms with Gasteiger partial charge in [0.1, 0.15) is 0 Å². The maximum absolute atomic E-state index is 11.0. The van der Waals surface area contributed by atoms with Crippen molar-refractivity contribution >= 4 is 69.4 Å². The van der Waals surface area contributed by atoms with Crippen molar-refractivity contribution < 1.29 is 38.9 Å². The largest absolute Gasteiger partial charge is 2.00 e. The Morgan fingerprint density at radius 2 is 0.683 bits per heavy atom. The van der Waals surface area contributed by atoms with Crippen LogP contribution in [0.25, 0.3) is 0 Å². The molecule has 9 heteroatoms. The summed E-state index contributed by atoms with van der Waals surface area (Å²) in [5.41, 5.74) is 0. The SMILES string of the molecule is CCCCCCCCCCCCOC(=O)/C=C\C(=O)[O-].CCCCCCCCCCCCOC(=O)/C=C\C(=O)[O-].[Sr+2]. The molecule has 0 saturated heterocycles. The third kappa shape index (κ3) is 43.4. The minimum absolute atomic E-state index is 0. The first-order valence-electron chi connectivity index (χ1n) is 15.4. The zero-order chi connectivity index (χ0) is 30.1. The Morgan fingerprint density at radius 3 is 0.927 bits per heavy atom. The standard InChI is InChI=1S/2C16H28O4.Sr/c2*1-2-3-4-5-6-7-8-9-10-11-14-20-16(19)13-12-15(17)18;/h2*12-13H,2-11,14H2,1H3,(H,17,18);/q;;+2/p-2/b2*13-12-;. The van der Waals surface area contributed by atoms with Crippen LogP contribution in [0.4, 0.5) is 0 Å². The van der Waals surface area contributed by atoms with Crippen molar-refractivity contribution in [2.75, 3.05) is 13.2 Å². The summed E-state index contributed by atoms with van der Waals surface area (Å²) in [6, 6.07) is 0. The molecule has 0 aliphatic rings. The Morgan fingerprint density at radius 1 is 0.439 bits per heavy atom. The molecule has 0 aromatic heterocycles. The van der Waals surface area contributed by atoms with Gasteiger partial charge in [-0.1, -0.05) is 129 Å². The van der Waals surface area contributed by atoms with Gasteiger partial charge in [-0.15, -0.1) is 0 Å². The maximum atomic E-state index is 11.0. The molecule has 0 unspecified atom stereocenters. The zero-order valence-electron chi connectivity index (χ0n) is 25.8. The van der Waals surface area contributed by atoms with Crippen molar-refractivity contribution in [3.05, 3.63) is 24.3 Å². The number of aliphatic carboxylic acids is 2. The molecule has 0 aromatic rings. The van der Waals surface area contributed by atoms with Crippen LogP contribution in [0.1, 0.15) is 142 Å². The van der Waals surface area contributed by atoms with Gasteiger partial charge < -0.3 is 29.3 Å². The first kappa shape index (κ1) is 44.3. The Kier molecular flexibility index (Phi) is 39.8. The fourth-order valence-electron chi connectivity index (χ4n) is 3.89. The predicted octanol–water partition coefficient (Wildman–Crippen LogP) is 5.13. The average Bonchev–Trinajstić information content (AvgIpc) is 2.92. The Labute approximate surface area is 286 Å². The summed E-state index contributed by atoms with van der Waals surface area (Å²) in [7, 11) is 0. The van der Waals surface area contributed by atoms with Crippen molar-refractivity contribution in [2.24, 2.45) is 0 Å². The van der Waals surface area contributed by atoms with Gasteiger partial charge in [-0.25, -0.2) is 9.59 Å². The monoisotopic (exact) mass is 654 g/mol. The molecule has 0 atom stereocenters. The number of esters is 2. The minimum Gasteiger partial charge on any atom is -0.545 e. The Bertz CT molecular complexity index is 633. The van der Waals surface area contributed by atoms with Gasteiger partial charge in [-0.2, -0.15) is 0 Å². The summed E-state index contributed by atoms with van der Waals surface area (Å²) in [6.45, 7) is 5.15. The first-order valence-corrected chi connectivity index (χ1v) is 15.4. The third-order valence-corrected chi connectivity index (χ3v) is 6.20. The van der Waals surface area contributed by atoms with Crippen LogP contribution in [0.5, 0.6) is 0 Å². The molecule has 0 aliphatic carbocycles. The van der Waals surface area contributed by atoms with E-state index >= 15 is 0 Å². The van der Waals surface area contributed by atoms with Gasteiger partial charge in [0.05, 0.1) is 25.2 Å². The van der Waals surface area contributed by atoms with Gasteiger partial charge in [-0.05, 0) is 25.0 Å². The number of rotatable bonds is 26. The summed E-state index contributed by atoms with van der Waals surface area (Å²) in [4.78, 5) is 42.1.